The van der Waals surface area contributed by atoms with E-state index in [1.807, 2.05) is 36.4 Å². The number of nitrogens with one attached hydrogen (secondary N) is 1. The Balaban J connectivity index is 1.61. The van der Waals surface area contributed by atoms with Crippen LogP contribution in [0, 0.1) is 0 Å². The fourth-order valence-electron chi connectivity index (χ4n) is 2.98. The number of para-hydroxylation sites is 2. The lowest BCUT2D eigenvalue weighted by molar-refractivity contribution is 0.481. The zero-order chi connectivity index (χ0) is 16.2. The third-order valence-electron chi connectivity index (χ3n) is 4.19. The van der Waals surface area contributed by atoms with Gasteiger partial charge in [-0.15, -0.1) is 0 Å². The average Bonchev–Trinajstić information content (AvgIpc) is 2.79. The number of hydrogen-bond donors (Lipinski definition) is 1. The largest absolute Gasteiger partial charge is 0.456 e. The van der Waals surface area contributed by atoms with Crippen molar-refractivity contribution in [1.82, 2.24) is 5.32 Å². The van der Waals surface area contributed by atoms with Crippen molar-refractivity contribution >= 4 is 11.6 Å². The van der Waals surface area contributed by atoms with E-state index in [-0.39, 0.29) is 0 Å². The minimum Gasteiger partial charge on any atom is -0.456 e. The minimum absolute atomic E-state index is 0.795. The van der Waals surface area contributed by atoms with Crippen molar-refractivity contribution in [1.29, 1.82) is 0 Å². The van der Waals surface area contributed by atoms with Crippen molar-refractivity contribution in [3.63, 3.8) is 0 Å². The van der Waals surface area contributed by atoms with Crippen LogP contribution in [0.2, 0.25) is 0 Å². The van der Waals surface area contributed by atoms with E-state index in [1.165, 1.54) is 11.1 Å². The van der Waals surface area contributed by atoms with Crippen LogP contribution in [0.5, 0.6) is 11.5 Å². The molecule has 24 heavy (non-hydrogen) atoms. The van der Waals surface area contributed by atoms with E-state index in [0.29, 0.717) is 0 Å². The van der Waals surface area contributed by atoms with Crippen molar-refractivity contribution in [3.05, 3.63) is 95.6 Å². The summed E-state index contributed by atoms with van der Waals surface area (Å²) >= 11 is 0. The molecule has 3 aromatic carbocycles. The van der Waals surface area contributed by atoms with Crippen LogP contribution in [0.4, 0.5) is 0 Å². The molecule has 0 unspecified atom stereocenters. The molecule has 118 valence electrons. The smallest absolute Gasteiger partial charge is 0.135 e. The molecule has 0 saturated carbocycles. The van der Waals surface area contributed by atoms with E-state index in [2.05, 4.69) is 53.9 Å². The molecule has 1 N–H and O–H groups in total. The fraction of sp³-hybridized carbons (Fsp3) is 0.0909. The predicted octanol–water partition coefficient (Wildman–Crippen LogP) is 5.12. The van der Waals surface area contributed by atoms with E-state index in [0.717, 1.165) is 35.7 Å². The highest BCUT2D eigenvalue weighted by atomic mass is 16.5. The Morgan fingerprint density at radius 3 is 2.25 bits per heavy atom. The number of rotatable bonds is 4. The highest BCUT2D eigenvalue weighted by molar-refractivity contribution is 5.87. The maximum absolute atomic E-state index is 6.12. The van der Waals surface area contributed by atoms with Gasteiger partial charge in [-0.25, -0.2) is 0 Å². The summed E-state index contributed by atoms with van der Waals surface area (Å²) in [7, 11) is 0. The summed E-state index contributed by atoms with van der Waals surface area (Å²) in [5, 5.41) is 3.55. The second-order valence-corrected chi connectivity index (χ2v) is 5.89. The SMILES string of the molecule is C1=C(CNCc2ccccc2)c2ccccc2Oc2ccccc21. The number of ether oxygens (including phenoxy) is 1. The quantitative estimate of drug-likeness (QED) is 0.721. The molecule has 1 aliphatic rings. The predicted molar refractivity (Wildman–Crippen MR) is 99.0 cm³/mol. The Labute approximate surface area is 142 Å². The molecular formula is C22H19NO. The van der Waals surface area contributed by atoms with Gasteiger partial charge in [-0.05, 0) is 29.3 Å². The maximum atomic E-state index is 6.12. The molecule has 3 aromatic rings. The minimum atomic E-state index is 0.795. The molecule has 0 aliphatic carbocycles. The van der Waals surface area contributed by atoms with Gasteiger partial charge in [0, 0.05) is 24.2 Å². The lowest BCUT2D eigenvalue weighted by Crippen LogP contribution is -2.16. The van der Waals surface area contributed by atoms with Crippen molar-refractivity contribution < 1.29 is 4.74 Å². The first-order chi connectivity index (χ1) is 11.9. The zero-order valence-corrected chi connectivity index (χ0v) is 13.4. The van der Waals surface area contributed by atoms with Crippen LogP contribution in [0.1, 0.15) is 16.7 Å². The van der Waals surface area contributed by atoms with Gasteiger partial charge in [0.1, 0.15) is 11.5 Å². The summed E-state index contributed by atoms with van der Waals surface area (Å²) in [4.78, 5) is 0. The van der Waals surface area contributed by atoms with E-state index in [4.69, 9.17) is 4.74 Å². The molecule has 0 amide bonds. The van der Waals surface area contributed by atoms with Crippen LogP contribution in [-0.2, 0) is 6.54 Å². The third-order valence-corrected chi connectivity index (χ3v) is 4.19. The number of hydrogen-bond acceptors (Lipinski definition) is 2. The molecule has 0 saturated heterocycles. The standard InChI is InChI=1S/C22H19NO/c1-2-8-17(9-3-1)15-23-16-19-14-18-10-4-6-12-21(18)24-22-13-7-5-11-20(19)22/h1-14,23H,15-16H2. The van der Waals surface area contributed by atoms with Gasteiger partial charge in [0.2, 0.25) is 0 Å². The Morgan fingerprint density at radius 2 is 1.38 bits per heavy atom. The van der Waals surface area contributed by atoms with E-state index in [1.54, 1.807) is 0 Å². The summed E-state index contributed by atoms with van der Waals surface area (Å²) in [5.74, 6) is 1.82. The Hall–Kier alpha value is -2.84. The Morgan fingerprint density at radius 1 is 0.667 bits per heavy atom. The Bertz CT molecular complexity index is 868. The van der Waals surface area contributed by atoms with Crippen LogP contribution in [-0.4, -0.2) is 6.54 Å². The monoisotopic (exact) mass is 313 g/mol. The maximum Gasteiger partial charge on any atom is 0.135 e. The first-order valence-electron chi connectivity index (χ1n) is 8.22. The zero-order valence-electron chi connectivity index (χ0n) is 13.4. The molecule has 2 heteroatoms. The van der Waals surface area contributed by atoms with Crippen LogP contribution in [0.15, 0.2) is 78.9 Å². The molecule has 1 aliphatic heterocycles. The molecule has 0 atom stereocenters. The lowest BCUT2D eigenvalue weighted by atomic mass is 10.0. The highest BCUT2D eigenvalue weighted by Crippen LogP contribution is 2.37. The van der Waals surface area contributed by atoms with Gasteiger partial charge in [0.05, 0.1) is 0 Å². The summed E-state index contributed by atoms with van der Waals surface area (Å²) < 4.78 is 6.12. The van der Waals surface area contributed by atoms with Crippen LogP contribution in [0.3, 0.4) is 0 Å². The second kappa shape index (κ2) is 6.73. The van der Waals surface area contributed by atoms with E-state index in [9.17, 15) is 0 Å². The van der Waals surface area contributed by atoms with Gasteiger partial charge >= 0.3 is 0 Å². The molecule has 0 radical (unpaired) electrons. The third kappa shape index (κ3) is 3.10. The fourth-order valence-corrected chi connectivity index (χ4v) is 2.98. The summed E-state index contributed by atoms with van der Waals surface area (Å²) in [6, 6.07) is 26.9. The first kappa shape index (κ1) is 14.7. The van der Waals surface area contributed by atoms with Crippen LogP contribution < -0.4 is 10.1 Å². The average molecular weight is 313 g/mol. The van der Waals surface area contributed by atoms with E-state index < -0.39 is 0 Å². The van der Waals surface area contributed by atoms with Gasteiger partial charge in [0.15, 0.2) is 0 Å². The molecule has 0 fully saturated rings. The van der Waals surface area contributed by atoms with Gasteiger partial charge in [-0.3, -0.25) is 0 Å². The van der Waals surface area contributed by atoms with Crippen LogP contribution >= 0.6 is 0 Å². The summed E-state index contributed by atoms with van der Waals surface area (Å²) in [6.07, 6.45) is 2.22. The second-order valence-electron chi connectivity index (χ2n) is 5.89. The molecule has 0 spiro atoms. The molecule has 0 bridgehead atoms. The number of benzene rings is 3. The Kier molecular flexibility index (Phi) is 4.13. The molecular weight excluding hydrogens is 294 g/mol. The molecule has 4 rings (SSSR count). The summed E-state index contributed by atoms with van der Waals surface area (Å²) in [6.45, 7) is 1.65. The molecule has 2 nitrogen and oxygen atoms in total. The first-order valence-corrected chi connectivity index (χ1v) is 8.22. The molecule has 0 aromatic heterocycles. The van der Waals surface area contributed by atoms with Crippen LogP contribution in [0.25, 0.3) is 11.6 Å². The van der Waals surface area contributed by atoms with Crippen molar-refractivity contribution in [2.24, 2.45) is 0 Å². The van der Waals surface area contributed by atoms with Gasteiger partial charge < -0.3 is 10.1 Å². The molecule has 1 heterocycles. The van der Waals surface area contributed by atoms with Gasteiger partial charge in [-0.2, -0.15) is 0 Å². The van der Waals surface area contributed by atoms with Crippen molar-refractivity contribution in [2.45, 2.75) is 6.54 Å². The van der Waals surface area contributed by atoms with E-state index >= 15 is 0 Å². The van der Waals surface area contributed by atoms with Crippen molar-refractivity contribution in [2.75, 3.05) is 6.54 Å². The van der Waals surface area contributed by atoms with Crippen molar-refractivity contribution in [3.8, 4) is 11.5 Å². The number of fused-ring (bicyclic) bond motifs is 2. The topological polar surface area (TPSA) is 21.3 Å². The lowest BCUT2D eigenvalue weighted by Gasteiger charge is -2.12. The van der Waals surface area contributed by atoms with Gasteiger partial charge in [-0.1, -0.05) is 66.7 Å². The normalized spacial score (nSPS) is 12.4. The highest BCUT2D eigenvalue weighted by Gasteiger charge is 2.15. The van der Waals surface area contributed by atoms with Gasteiger partial charge in [0.25, 0.3) is 0 Å². The summed E-state index contributed by atoms with van der Waals surface area (Å²) in [5.41, 5.74) is 4.79.